The third-order valence-corrected chi connectivity index (χ3v) is 3.36. The second-order valence-electron chi connectivity index (χ2n) is 4.96. The van der Waals surface area contributed by atoms with Gasteiger partial charge in [-0.25, -0.2) is 0 Å². The highest BCUT2D eigenvalue weighted by Gasteiger charge is 2.27. The number of ether oxygens (including phenoxy) is 1. The maximum Gasteiger partial charge on any atom is 0.318 e. The number of rotatable bonds is 6. The fourth-order valence-corrected chi connectivity index (χ4v) is 2.25. The van der Waals surface area contributed by atoms with Gasteiger partial charge in [-0.3, -0.25) is 9.59 Å². The van der Waals surface area contributed by atoms with Crippen molar-refractivity contribution < 1.29 is 14.3 Å². The van der Waals surface area contributed by atoms with Gasteiger partial charge in [0.1, 0.15) is 5.92 Å². The normalized spacial score (nSPS) is 11.7. The molecule has 0 aliphatic heterocycles. The molecule has 2 aromatic carbocycles. The van der Waals surface area contributed by atoms with Crippen LogP contribution in [0.1, 0.15) is 24.0 Å². The molecule has 0 amide bonds. The van der Waals surface area contributed by atoms with Crippen LogP contribution in [0.4, 0.5) is 0 Å². The molecule has 0 heterocycles. The van der Waals surface area contributed by atoms with E-state index in [9.17, 15) is 9.59 Å². The van der Waals surface area contributed by atoms with Crippen LogP contribution < -0.4 is 0 Å². The molecule has 22 heavy (non-hydrogen) atoms. The Hall–Kier alpha value is -2.68. The first-order chi connectivity index (χ1) is 10.6. The Bertz CT molecular complexity index is 607. The second-order valence-corrected chi connectivity index (χ2v) is 4.96. The summed E-state index contributed by atoms with van der Waals surface area (Å²) in [6, 6.07) is 18.7. The highest BCUT2D eigenvalue weighted by Crippen LogP contribution is 2.26. The van der Waals surface area contributed by atoms with Crippen molar-refractivity contribution in [3.8, 4) is 0 Å². The fraction of sp³-hybridized carbons (Fsp3) is 0.158. The van der Waals surface area contributed by atoms with E-state index in [-0.39, 0.29) is 5.78 Å². The Balaban J connectivity index is 2.35. The zero-order valence-electron chi connectivity index (χ0n) is 12.4. The summed E-state index contributed by atoms with van der Waals surface area (Å²) in [7, 11) is 0. The summed E-state index contributed by atoms with van der Waals surface area (Å²) in [6.45, 7) is 4.92. The average molecular weight is 294 g/mol. The van der Waals surface area contributed by atoms with Gasteiger partial charge in [-0.15, -0.1) is 0 Å². The Labute approximate surface area is 130 Å². The summed E-state index contributed by atoms with van der Waals surface area (Å²) in [5, 5.41) is 0. The molecular weight excluding hydrogens is 276 g/mol. The van der Waals surface area contributed by atoms with Crippen LogP contribution in [0.2, 0.25) is 0 Å². The van der Waals surface area contributed by atoms with Crippen molar-refractivity contribution in [2.24, 2.45) is 0 Å². The van der Waals surface area contributed by atoms with E-state index in [1.54, 1.807) is 0 Å². The maximum absolute atomic E-state index is 12.6. The molecule has 0 radical (unpaired) electrons. The number of benzene rings is 2. The standard InChI is InChI=1S/C19H18O3/c1-3-17(14(2)20)22-19(21)18(15-10-6-4-7-11-15)16-12-8-5-9-13-16/h3-13,17-18H,1H2,2H3. The largest absolute Gasteiger partial charge is 0.449 e. The summed E-state index contributed by atoms with van der Waals surface area (Å²) >= 11 is 0. The van der Waals surface area contributed by atoms with Gasteiger partial charge in [-0.1, -0.05) is 67.2 Å². The number of esters is 1. The molecule has 0 saturated heterocycles. The van der Waals surface area contributed by atoms with Gasteiger partial charge >= 0.3 is 5.97 Å². The van der Waals surface area contributed by atoms with Gasteiger partial charge in [0.25, 0.3) is 0 Å². The van der Waals surface area contributed by atoms with Crippen molar-refractivity contribution in [3.63, 3.8) is 0 Å². The lowest BCUT2D eigenvalue weighted by atomic mass is 9.91. The number of hydrogen-bond donors (Lipinski definition) is 0. The zero-order chi connectivity index (χ0) is 15.9. The van der Waals surface area contributed by atoms with Crippen LogP contribution in [0.3, 0.4) is 0 Å². The molecule has 112 valence electrons. The maximum atomic E-state index is 12.6. The number of carbonyl (C=O) groups excluding carboxylic acids is 2. The summed E-state index contributed by atoms with van der Waals surface area (Å²) in [4.78, 5) is 24.1. The first-order valence-corrected chi connectivity index (χ1v) is 7.07. The minimum atomic E-state index is -0.914. The lowest BCUT2D eigenvalue weighted by Crippen LogP contribution is -2.27. The topological polar surface area (TPSA) is 43.4 Å². The van der Waals surface area contributed by atoms with Gasteiger partial charge in [0, 0.05) is 0 Å². The summed E-state index contributed by atoms with van der Waals surface area (Å²) in [5.74, 6) is -1.27. The first-order valence-electron chi connectivity index (χ1n) is 7.07. The molecule has 3 heteroatoms. The highest BCUT2D eigenvalue weighted by molar-refractivity contribution is 5.88. The number of carbonyl (C=O) groups is 2. The molecule has 0 aromatic heterocycles. The van der Waals surface area contributed by atoms with Crippen molar-refractivity contribution in [1.29, 1.82) is 0 Å². The predicted octanol–water partition coefficient (Wildman–Crippen LogP) is 3.51. The smallest absolute Gasteiger partial charge is 0.318 e. The van der Waals surface area contributed by atoms with Crippen molar-refractivity contribution in [2.75, 3.05) is 0 Å². The van der Waals surface area contributed by atoms with Gasteiger partial charge < -0.3 is 4.74 Å². The molecule has 0 saturated carbocycles. The minimum absolute atomic E-state index is 0.247. The molecule has 0 fully saturated rings. The van der Waals surface area contributed by atoms with Crippen LogP contribution in [0.25, 0.3) is 0 Å². The molecule has 2 rings (SSSR count). The van der Waals surface area contributed by atoms with E-state index in [4.69, 9.17) is 4.74 Å². The Morgan fingerprint density at radius 2 is 1.41 bits per heavy atom. The quantitative estimate of drug-likeness (QED) is 0.605. The molecular formula is C19H18O3. The van der Waals surface area contributed by atoms with E-state index < -0.39 is 18.0 Å². The SMILES string of the molecule is C=CC(OC(=O)C(c1ccccc1)c1ccccc1)C(C)=O. The molecule has 1 atom stereocenters. The molecule has 3 nitrogen and oxygen atoms in total. The monoisotopic (exact) mass is 294 g/mol. The predicted molar refractivity (Wildman–Crippen MR) is 85.5 cm³/mol. The van der Waals surface area contributed by atoms with Crippen molar-refractivity contribution >= 4 is 11.8 Å². The number of hydrogen-bond acceptors (Lipinski definition) is 3. The lowest BCUT2D eigenvalue weighted by Gasteiger charge is -2.19. The van der Waals surface area contributed by atoms with Crippen molar-refractivity contribution in [3.05, 3.63) is 84.4 Å². The minimum Gasteiger partial charge on any atom is -0.449 e. The Kier molecular flexibility index (Phi) is 5.26. The van der Waals surface area contributed by atoms with Crippen LogP contribution in [0.15, 0.2) is 73.3 Å². The third kappa shape index (κ3) is 3.70. The third-order valence-electron chi connectivity index (χ3n) is 3.36. The first kappa shape index (κ1) is 15.7. The van der Waals surface area contributed by atoms with Gasteiger partial charge in [0.15, 0.2) is 11.9 Å². The van der Waals surface area contributed by atoms with E-state index in [0.29, 0.717) is 0 Å². The lowest BCUT2D eigenvalue weighted by molar-refractivity contribution is -0.152. The van der Waals surface area contributed by atoms with E-state index in [0.717, 1.165) is 11.1 Å². The van der Waals surface area contributed by atoms with E-state index in [1.807, 2.05) is 60.7 Å². The summed E-state index contributed by atoms with van der Waals surface area (Å²) in [6.07, 6.45) is 0.426. The average Bonchev–Trinajstić information content (AvgIpc) is 2.54. The van der Waals surface area contributed by atoms with Crippen LogP contribution >= 0.6 is 0 Å². The molecule has 2 aromatic rings. The van der Waals surface area contributed by atoms with Gasteiger partial charge in [0.05, 0.1) is 0 Å². The molecule has 0 bridgehead atoms. The molecule has 0 N–H and O–H groups in total. The second kappa shape index (κ2) is 7.36. The fourth-order valence-electron chi connectivity index (χ4n) is 2.25. The van der Waals surface area contributed by atoms with Crippen LogP contribution in [0, 0.1) is 0 Å². The van der Waals surface area contributed by atoms with E-state index in [2.05, 4.69) is 6.58 Å². The molecule has 1 unspecified atom stereocenters. The molecule has 0 spiro atoms. The van der Waals surface area contributed by atoms with Crippen molar-refractivity contribution in [1.82, 2.24) is 0 Å². The van der Waals surface area contributed by atoms with E-state index in [1.165, 1.54) is 13.0 Å². The van der Waals surface area contributed by atoms with Gasteiger partial charge in [-0.05, 0) is 24.1 Å². The van der Waals surface area contributed by atoms with Crippen molar-refractivity contribution in [2.45, 2.75) is 18.9 Å². The summed E-state index contributed by atoms with van der Waals surface area (Å²) in [5.41, 5.74) is 1.65. The van der Waals surface area contributed by atoms with Crippen LogP contribution in [-0.2, 0) is 14.3 Å². The Morgan fingerprint density at radius 3 is 1.77 bits per heavy atom. The molecule has 0 aliphatic rings. The van der Waals surface area contributed by atoms with E-state index >= 15 is 0 Å². The molecule has 0 aliphatic carbocycles. The number of ketones is 1. The number of Topliss-reactive ketones (excluding diaryl/α,β-unsaturated/α-hetero) is 1. The summed E-state index contributed by atoms with van der Waals surface area (Å²) < 4.78 is 5.33. The van der Waals surface area contributed by atoms with Gasteiger partial charge in [0.2, 0.25) is 0 Å². The zero-order valence-corrected chi connectivity index (χ0v) is 12.4. The van der Waals surface area contributed by atoms with Crippen LogP contribution in [-0.4, -0.2) is 17.9 Å². The van der Waals surface area contributed by atoms with Crippen LogP contribution in [0.5, 0.6) is 0 Å². The van der Waals surface area contributed by atoms with Gasteiger partial charge in [-0.2, -0.15) is 0 Å². The highest BCUT2D eigenvalue weighted by atomic mass is 16.5. The Morgan fingerprint density at radius 1 is 0.955 bits per heavy atom.